The van der Waals surface area contributed by atoms with Crippen LogP contribution in [-0.2, 0) is 6.42 Å². The van der Waals surface area contributed by atoms with Crippen molar-refractivity contribution >= 4 is 5.69 Å². The molecule has 1 nitrogen and oxygen atoms in total. The van der Waals surface area contributed by atoms with Crippen molar-refractivity contribution in [2.45, 2.75) is 46.5 Å². The van der Waals surface area contributed by atoms with Crippen LogP contribution in [0.3, 0.4) is 0 Å². The third-order valence-electron chi connectivity index (χ3n) is 2.90. The highest BCUT2D eigenvalue weighted by atomic mass is 14.6. The van der Waals surface area contributed by atoms with Gasteiger partial charge in [0.2, 0.25) is 0 Å². The Morgan fingerprint density at radius 2 is 1.86 bits per heavy atom. The third kappa shape index (κ3) is 2.50. The summed E-state index contributed by atoms with van der Waals surface area (Å²) in [4.78, 5) is 0. The normalized spacial score (nSPS) is 10.5. The number of anilines is 1. The molecule has 78 valence electrons. The molecule has 0 spiro atoms. The molecule has 0 amide bonds. The van der Waals surface area contributed by atoms with Gasteiger partial charge in [-0.25, -0.2) is 0 Å². The summed E-state index contributed by atoms with van der Waals surface area (Å²) in [5.41, 5.74) is 10.9. The first-order valence-corrected chi connectivity index (χ1v) is 5.51. The van der Waals surface area contributed by atoms with Crippen LogP contribution in [0.4, 0.5) is 5.69 Å². The molecule has 0 aromatic heterocycles. The van der Waals surface area contributed by atoms with Crippen LogP contribution in [0.15, 0.2) is 12.1 Å². The Hall–Kier alpha value is -0.980. The van der Waals surface area contributed by atoms with Crippen molar-refractivity contribution < 1.29 is 0 Å². The van der Waals surface area contributed by atoms with Gasteiger partial charge in [-0.3, -0.25) is 0 Å². The topological polar surface area (TPSA) is 26.0 Å². The lowest BCUT2D eigenvalue weighted by Gasteiger charge is -2.11. The number of unbranched alkanes of at least 4 members (excludes halogenated alkanes) is 2. The van der Waals surface area contributed by atoms with Gasteiger partial charge in [0, 0.05) is 5.69 Å². The first-order chi connectivity index (χ1) is 6.66. The monoisotopic (exact) mass is 191 g/mol. The van der Waals surface area contributed by atoms with Crippen LogP contribution < -0.4 is 5.73 Å². The molecule has 1 aromatic rings. The van der Waals surface area contributed by atoms with E-state index < -0.39 is 0 Å². The van der Waals surface area contributed by atoms with Gasteiger partial charge in [-0.15, -0.1) is 0 Å². The molecule has 0 saturated heterocycles. The molecule has 0 fully saturated rings. The van der Waals surface area contributed by atoms with E-state index in [-0.39, 0.29) is 0 Å². The van der Waals surface area contributed by atoms with Crippen molar-refractivity contribution in [2.75, 3.05) is 5.73 Å². The van der Waals surface area contributed by atoms with E-state index in [0.717, 1.165) is 5.69 Å². The molecule has 14 heavy (non-hydrogen) atoms. The molecule has 0 bridgehead atoms. The second kappa shape index (κ2) is 5.04. The largest absolute Gasteiger partial charge is 0.399 e. The summed E-state index contributed by atoms with van der Waals surface area (Å²) in [6.07, 6.45) is 5.05. The molecule has 0 radical (unpaired) electrons. The Labute approximate surface area is 87.3 Å². The summed E-state index contributed by atoms with van der Waals surface area (Å²) in [5, 5.41) is 0. The van der Waals surface area contributed by atoms with Gasteiger partial charge >= 0.3 is 0 Å². The number of nitrogens with two attached hydrogens (primary N) is 1. The molecule has 0 saturated carbocycles. The number of aryl methyl sites for hydroxylation is 1. The highest BCUT2D eigenvalue weighted by Gasteiger charge is 2.04. The smallest absolute Gasteiger partial charge is 0.0346 e. The number of hydrogen-bond acceptors (Lipinski definition) is 1. The van der Waals surface area contributed by atoms with Crippen LogP contribution in [0.25, 0.3) is 0 Å². The van der Waals surface area contributed by atoms with Crippen LogP contribution in [0.1, 0.15) is 42.9 Å². The molecular weight excluding hydrogens is 170 g/mol. The minimum Gasteiger partial charge on any atom is -0.399 e. The molecule has 1 heteroatoms. The maximum atomic E-state index is 5.89. The quantitative estimate of drug-likeness (QED) is 0.571. The van der Waals surface area contributed by atoms with Gasteiger partial charge in [0.25, 0.3) is 0 Å². The van der Waals surface area contributed by atoms with E-state index >= 15 is 0 Å². The Kier molecular flexibility index (Phi) is 3.99. The summed E-state index contributed by atoms with van der Waals surface area (Å²) in [6.45, 7) is 6.54. The predicted octanol–water partition coefficient (Wildman–Crippen LogP) is 3.62. The van der Waals surface area contributed by atoms with Crippen molar-refractivity contribution in [1.82, 2.24) is 0 Å². The molecule has 0 atom stereocenters. The summed E-state index contributed by atoms with van der Waals surface area (Å²) < 4.78 is 0. The van der Waals surface area contributed by atoms with Crippen LogP contribution in [-0.4, -0.2) is 0 Å². The first kappa shape index (κ1) is 11.1. The molecule has 0 aliphatic rings. The first-order valence-electron chi connectivity index (χ1n) is 5.51. The summed E-state index contributed by atoms with van der Waals surface area (Å²) in [5.74, 6) is 0. The SMILES string of the molecule is CCCCCc1c(C)ccc(N)c1C. The Bertz CT molecular complexity index is 302. The van der Waals surface area contributed by atoms with Gasteiger partial charge in [0.1, 0.15) is 0 Å². The van der Waals surface area contributed by atoms with Crippen LogP contribution in [0.2, 0.25) is 0 Å². The summed E-state index contributed by atoms with van der Waals surface area (Å²) >= 11 is 0. The second-order valence-electron chi connectivity index (χ2n) is 4.03. The summed E-state index contributed by atoms with van der Waals surface area (Å²) in [7, 11) is 0. The van der Waals surface area contributed by atoms with E-state index in [1.165, 1.54) is 42.4 Å². The molecule has 0 aliphatic carbocycles. The Morgan fingerprint density at radius 3 is 2.50 bits per heavy atom. The zero-order valence-electron chi connectivity index (χ0n) is 9.56. The van der Waals surface area contributed by atoms with E-state index in [9.17, 15) is 0 Å². The van der Waals surface area contributed by atoms with Crippen LogP contribution >= 0.6 is 0 Å². The fourth-order valence-corrected chi connectivity index (χ4v) is 1.85. The van der Waals surface area contributed by atoms with E-state index in [1.807, 2.05) is 6.07 Å². The minimum absolute atomic E-state index is 0.932. The number of hydrogen-bond donors (Lipinski definition) is 1. The van der Waals surface area contributed by atoms with Crippen molar-refractivity contribution in [1.29, 1.82) is 0 Å². The standard InChI is InChI=1S/C13H21N/c1-4-5-6-7-12-10(2)8-9-13(14)11(12)3/h8-9H,4-7,14H2,1-3H3. The van der Waals surface area contributed by atoms with Crippen LogP contribution in [0.5, 0.6) is 0 Å². The summed E-state index contributed by atoms with van der Waals surface area (Å²) in [6, 6.07) is 4.14. The van der Waals surface area contributed by atoms with Gasteiger partial charge in [-0.05, 0) is 49.4 Å². The molecular formula is C13H21N. The van der Waals surface area contributed by atoms with E-state index in [4.69, 9.17) is 5.73 Å². The second-order valence-corrected chi connectivity index (χ2v) is 4.03. The lowest BCUT2D eigenvalue weighted by molar-refractivity contribution is 0.713. The molecule has 0 aliphatic heterocycles. The van der Waals surface area contributed by atoms with Crippen molar-refractivity contribution in [3.63, 3.8) is 0 Å². The average molecular weight is 191 g/mol. The fraction of sp³-hybridized carbons (Fsp3) is 0.538. The molecule has 0 heterocycles. The average Bonchev–Trinajstić information content (AvgIpc) is 2.18. The van der Waals surface area contributed by atoms with E-state index in [0.29, 0.717) is 0 Å². The lowest BCUT2D eigenvalue weighted by Crippen LogP contribution is -1.98. The Balaban J connectivity index is 2.79. The number of rotatable bonds is 4. The van der Waals surface area contributed by atoms with E-state index in [2.05, 4.69) is 26.8 Å². The lowest BCUT2D eigenvalue weighted by atomic mass is 9.96. The van der Waals surface area contributed by atoms with Gasteiger partial charge in [-0.2, -0.15) is 0 Å². The van der Waals surface area contributed by atoms with Crippen molar-refractivity contribution in [2.24, 2.45) is 0 Å². The van der Waals surface area contributed by atoms with Crippen molar-refractivity contribution in [3.8, 4) is 0 Å². The predicted molar refractivity (Wildman–Crippen MR) is 63.6 cm³/mol. The molecule has 2 N–H and O–H groups in total. The minimum atomic E-state index is 0.932. The number of nitrogen functional groups attached to an aromatic ring is 1. The van der Waals surface area contributed by atoms with Gasteiger partial charge in [-0.1, -0.05) is 25.8 Å². The van der Waals surface area contributed by atoms with Crippen molar-refractivity contribution in [3.05, 3.63) is 28.8 Å². The Morgan fingerprint density at radius 1 is 1.14 bits per heavy atom. The maximum Gasteiger partial charge on any atom is 0.0346 e. The van der Waals surface area contributed by atoms with Gasteiger partial charge < -0.3 is 5.73 Å². The highest BCUT2D eigenvalue weighted by Crippen LogP contribution is 2.21. The molecule has 1 aromatic carbocycles. The van der Waals surface area contributed by atoms with E-state index in [1.54, 1.807) is 0 Å². The van der Waals surface area contributed by atoms with Crippen LogP contribution in [0, 0.1) is 13.8 Å². The zero-order chi connectivity index (χ0) is 10.6. The maximum absolute atomic E-state index is 5.89. The third-order valence-corrected chi connectivity index (χ3v) is 2.90. The zero-order valence-corrected chi connectivity index (χ0v) is 9.56. The highest BCUT2D eigenvalue weighted by molar-refractivity contribution is 5.52. The fourth-order valence-electron chi connectivity index (χ4n) is 1.85. The van der Waals surface area contributed by atoms with Gasteiger partial charge in [0.05, 0.1) is 0 Å². The van der Waals surface area contributed by atoms with Gasteiger partial charge in [0.15, 0.2) is 0 Å². The number of benzene rings is 1. The molecule has 1 rings (SSSR count). The molecule has 0 unspecified atom stereocenters.